The van der Waals surface area contributed by atoms with Gasteiger partial charge in [0.15, 0.2) is 6.10 Å². The van der Waals surface area contributed by atoms with Crippen molar-refractivity contribution in [3.05, 3.63) is 60.8 Å². The van der Waals surface area contributed by atoms with Gasteiger partial charge in [-0.25, -0.2) is 4.57 Å². The first kappa shape index (κ1) is 76.7. The van der Waals surface area contributed by atoms with Gasteiger partial charge < -0.3 is 20.1 Å². The quantitative estimate of drug-likeness (QED) is 0.0264. The van der Waals surface area contributed by atoms with Crippen LogP contribution >= 0.6 is 7.82 Å². The highest BCUT2D eigenvalue weighted by atomic mass is 31.2. The molecule has 10 heteroatoms. The number of ether oxygens (including phenoxy) is 2. The zero-order valence-corrected chi connectivity index (χ0v) is 52.8. The van der Waals surface area contributed by atoms with Crippen LogP contribution in [0.5, 0.6) is 0 Å². The Morgan fingerprint density at radius 1 is 0.392 bits per heavy atom. The number of hydrogen-bond donors (Lipinski definition) is 2. The van der Waals surface area contributed by atoms with E-state index in [0.29, 0.717) is 6.42 Å². The van der Waals surface area contributed by atoms with E-state index in [1.165, 1.54) is 244 Å². The van der Waals surface area contributed by atoms with Gasteiger partial charge in [-0.15, -0.1) is 0 Å². The number of allylic oxidation sites excluding steroid dienone is 10. The molecule has 462 valence electrons. The maximum Gasteiger partial charge on any atom is 0.472 e. The molecule has 0 aliphatic rings. The van der Waals surface area contributed by atoms with E-state index in [1.807, 2.05) is 0 Å². The summed E-state index contributed by atoms with van der Waals surface area (Å²) in [6.45, 7) is 3.69. The van der Waals surface area contributed by atoms with Gasteiger partial charge >= 0.3 is 19.8 Å². The van der Waals surface area contributed by atoms with Gasteiger partial charge in [0.25, 0.3) is 0 Å². The Balaban J connectivity index is 3.83. The van der Waals surface area contributed by atoms with Gasteiger partial charge in [0.1, 0.15) is 6.61 Å². The molecule has 79 heavy (non-hydrogen) atoms. The molecule has 0 aliphatic carbocycles. The summed E-state index contributed by atoms with van der Waals surface area (Å²) in [7, 11) is -4.39. The number of esters is 2. The highest BCUT2D eigenvalue weighted by Crippen LogP contribution is 2.43. The van der Waals surface area contributed by atoms with Crippen LogP contribution in [0, 0.1) is 0 Å². The van der Waals surface area contributed by atoms with Gasteiger partial charge in [0.05, 0.1) is 13.2 Å². The molecule has 0 spiro atoms. The fourth-order valence-corrected chi connectivity index (χ4v) is 10.7. The molecule has 0 aromatic rings. The van der Waals surface area contributed by atoms with Crippen LogP contribution in [0.1, 0.15) is 335 Å². The molecule has 0 fully saturated rings. The third kappa shape index (κ3) is 64.7. The van der Waals surface area contributed by atoms with Crippen molar-refractivity contribution in [2.45, 2.75) is 341 Å². The van der Waals surface area contributed by atoms with Gasteiger partial charge in [-0.1, -0.05) is 306 Å². The number of nitrogens with two attached hydrogens (primary N) is 1. The Hall–Kier alpha value is -2.29. The van der Waals surface area contributed by atoms with Crippen molar-refractivity contribution in [1.82, 2.24) is 0 Å². The topological polar surface area (TPSA) is 134 Å². The molecule has 2 unspecified atom stereocenters. The molecule has 0 heterocycles. The second-order valence-corrected chi connectivity index (χ2v) is 24.1. The summed E-state index contributed by atoms with van der Waals surface area (Å²) in [4.78, 5) is 35.3. The molecule has 0 amide bonds. The predicted molar refractivity (Wildman–Crippen MR) is 340 cm³/mol. The van der Waals surface area contributed by atoms with Crippen LogP contribution in [0.25, 0.3) is 0 Å². The van der Waals surface area contributed by atoms with Crippen molar-refractivity contribution in [2.75, 3.05) is 26.4 Å². The lowest BCUT2D eigenvalue weighted by molar-refractivity contribution is -0.161. The highest BCUT2D eigenvalue weighted by Gasteiger charge is 2.26. The molecule has 0 bridgehead atoms. The van der Waals surface area contributed by atoms with E-state index in [9.17, 15) is 19.0 Å². The Morgan fingerprint density at radius 2 is 0.696 bits per heavy atom. The maximum atomic E-state index is 12.8. The van der Waals surface area contributed by atoms with Crippen molar-refractivity contribution in [3.8, 4) is 0 Å². The molecule has 0 saturated carbocycles. The smallest absolute Gasteiger partial charge is 0.462 e. The monoisotopic (exact) mass is 1130 g/mol. The Morgan fingerprint density at radius 3 is 1.05 bits per heavy atom. The standard InChI is InChI=1S/C69H128NO8P/c1-3-5-7-9-11-13-15-17-19-21-23-25-27-28-29-30-31-32-33-34-35-36-37-38-40-42-44-46-48-50-52-54-56-58-60-62-69(72)78-67(66-77-79(73,74)76-64-63-70)65-75-68(71)61-59-57-55-53-51-49-47-45-43-41-39-26-24-22-20-18-16-14-12-10-8-6-4-2/h5,7,11,13,17,19,22-25,67H,3-4,6,8-10,12,14-16,18,20-21,26-66,70H2,1-2H3,(H,73,74)/b7-5-,13-11-,19-17-,24-22-,25-23-. The van der Waals surface area contributed by atoms with E-state index in [1.54, 1.807) is 0 Å². The number of rotatable bonds is 64. The lowest BCUT2D eigenvalue weighted by atomic mass is 10.0. The van der Waals surface area contributed by atoms with Crippen molar-refractivity contribution in [1.29, 1.82) is 0 Å². The van der Waals surface area contributed by atoms with Crippen LogP contribution in [0.2, 0.25) is 0 Å². The summed E-state index contributed by atoms with van der Waals surface area (Å²) >= 11 is 0. The molecular weight excluding hydrogens is 1000 g/mol. The van der Waals surface area contributed by atoms with Crippen LogP contribution < -0.4 is 5.73 Å². The van der Waals surface area contributed by atoms with E-state index in [2.05, 4.69) is 74.6 Å². The third-order valence-electron chi connectivity index (χ3n) is 14.9. The van der Waals surface area contributed by atoms with Crippen molar-refractivity contribution in [2.24, 2.45) is 5.73 Å². The van der Waals surface area contributed by atoms with E-state index >= 15 is 0 Å². The number of hydrogen-bond acceptors (Lipinski definition) is 8. The second-order valence-electron chi connectivity index (χ2n) is 22.7. The van der Waals surface area contributed by atoms with Crippen molar-refractivity contribution >= 4 is 19.8 Å². The zero-order chi connectivity index (χ0) is 57.3. The van der Waals surface area contributed by atoms with Crippen LogP contribution in [0.3, 0.4) is 0 Å². The normalized spacial score (nSPS) is 13.3. The van der Waals surface area contributed by atoms with E-state index in [-0.39, 0.29) is 38.6 Å². The van der Waals surface area contributed by atoms with E-state index in [0.717, 1.165) is 57.8 Å². The van der Waals surface area contributed by atoms with E-state index < -0.39 is 26.5 Å². The lowest BCUT2D eigenvalue weighted by Gasteiger charge is -2.19. The average molecular weight is 1130 g/mol. The average Bonchev–Trinajstić information content (AvgIpc) is 3.44. The summed E-state index contributed by atoms with van der Waals surface area (Å²) in [5.74, 6) is -0.811. The summed E-state index contributed by atoms with van der Waals surface area (Å²) in [6.07, 6.45) is 83.1. The largest absolute Gasteiger partial charge is 0.472 e. The number of carbonyl (C=O) groups is 2. The SMILES string of the molecule is CC/C=C\C/C=C\C/C=C\C/C=C\CCCCCCCCCCCCCCCCCCCCCCCCC(=O)OC(COC(=O)CCCCCCCCCCCCC/C=C\CCCCCCCCCC)COP(=O)(O)OCCN. The Bertz CT molecular complexity index is 1480. The Labute approximate surface area is 489 Å². The zero-order valence-electron chi connectivity index (χ0n) is 51.9. The molecule has 0 aromatic heterocycles. The minimum absolute atomic E-state index is 0.0545. The summed E-state index contributed by atoms with van der Waals surface area (Å²) in [5.41, 5.74) is 5.40. The first-order chi connectivity index (χ1) is 38.8. The van der Waals surface area contributed by atoms with E-state index in [4.69, 9.17) is 24.3 Å². The van der Waals surface area contributed by atoms with Gasteiger partial charge in [0, 0.05) is 19.4 Å². The first-order valence-corrected chi connectivity index (χ1v) is 35.3. The van der Waals surface area contributed by atoms with Crippen LogP contribution in [-0.4, -0.2) is 49.3 Å². The van der Waals surface area contributed by atoms with Gasteiger partial charge in [-0.3, -0.25) is 18.6 Å². The molecule has 9 nitrogen and oxygen atoms in total. The minimum atomic E-state index is -4.39. The molecular formula is C69H128NO8P. The van der Waals surface area contributed by atoms with Gasteiger partial charge in [-0.05, 0) is 77.0 Å². The molecule has 0 saturated heterocycles. The second kappa shape index (κ2) is 64.9. The molecule has 3 N–H and O–H groups in total. The van der Waals surface area contributed by atoms with Crippen molar-refractivity contribution < 1.29 is 37.6 Å². The summed E-state index contributed by atoms with van der Waals surface area (Å²) < 4.78 is 33.2. The van der Waals surface area contributed by atoms with Crippen LogP contribution in [0.4, 0.5) is 0 Å². The number of unbranched alkanes of at least 4 members (excludes halogenated alkanes) is 41. The minimum Gasteiger partial charge on any atom is -0.462 e. The lowest BCUT2D eigenvalue weighted by Crippen LogP contribution is -2.29. The fourth-order valence-electron chi connectivity index (χ4n) is 9.92. The highest BCUT2D eigenvalue weighted by molar-refractivity contribution is 7.47. The van der Waals surface area contributed by atoms with Crippen molar-refractivity contribution in [3.63, 3.8) is 0 Å². The number of phosphoric ester groups is 1. The molecule has 2 atom stereocenters. The molecule has 0 radical (unpaired) electrons. The maximum absolute atomic E-state index is 12.8. The third-order valence-corrected chi connectivity index (χ3v) is 15.9. The number of phosphoric acid groups is 1. The molecule has 0 rings (SSSR count). The van der Waals surface area contributed by atoms with Gasteiger partial charge in [0.2, 0.25) is 0 Å². The summed E-state index contributed by atoms with van der Waals surface area (Å²) in [6, 6.07) is 0. The van der Waals surface area contributed by atoms with Gasteiger partial charge in [-0.2, -0.15) is 0 Å². The summed E-state index contributed by atoms with van der Waals surface area (Å²) in [5, 5.41) is 0. The number of carbonyl (C=O) groups excluding carboxylic acids is 2. The van der Waals surface area contributed by atoms with Crippen LogP contribution in [-0.2, 0) is 32.7 Å². The predicted octanol–water partition coefficient (Wildman–Crippen LogP) is 21.9. The van der Waals surface area contributed by atoms with Crippen LogP contribution in [0.15, 0.2) is 60.8 Å². The molecule has 0 aromatic carbocycles. The fraction of sp³-hybridized carbons (Fsp3) is 0.826. The first-order valence-electron chi connectivity index (χ1n) is 33.8. The molecule has 0 aliphatic heterocycles. The Kier molecular flexibility index (Phi) is 63.0.